The molecule has 28 heavy (non-hydrogen) atoms. The number of rotatable bonds is 20. The number of carboxylic acid groups (broad SMARTS) is 1. The van der Waals surface area contributed by atoms with Crippen molar-refractivity contribution in [2.24, 2.45) is 0 Å². The van der Waals surface area contributed by atoms with E-state index in [9.17, 15) is 9.90 Å². The quantitative estimate of drug-likeness (QED) is 0.210. The Morgan fingerprint density at radius 1 is 0.679 bits per heavy atom. The summed E-state index contributed by atoms with van der Waals surface area (Å²) in [5, 5.41) is 29.3. The number of nitrogens with one attached hydrogen (secondary N) is 1. The van der Waals surface area contributed by atoms with Crippen LogP contribution >= 0.6 is 0 Å². The fourth-order valence-corrected chi connectivity index (χ4v) is 2.92. The number of aliphatic hydroxyl groups is 2. The normalized spacial score (nSPS) is 10.1. The van der Waals surface area contributed by atoms with Gasteiger partial charge in [0.25, 0.3) is 0 Å². The van der Waals surface area contributed by atoms with E-state index in [0.29, 0.717) is 13.1 Å². The number of hydrogen-bond donors (Lipinski definition) is 3. The van der Waals surface area contributed by atoms with Crippen LogP contribution in [0, 0.1) is 0 Å². The van der Waals surface area contributed by atoms with Gasteiger partial charge in [-0.2, -0.15) is 0 Å². The molecule has 0 saturated carbocycles. The van der Waals surface area contributed by atoms with Crippen molar-refractivity contribution < 1.29 is 20.1 Å². The standard InChI is InChI=1S/C18H36O2.C4H11NO2.Al/c1-2-3-4-5-6-7-8-9-10-11-12-13-14-15-16-17-18(19)20;6-3-1-5-2-4-7;/h2-17H2,1H3,(H,19,20);5-7H,1-4H2;/q;;+1/p-1. The molecule has 0 aliphatic carbocycles. The van der Waals surface area contributed by atoms with Gasteiger partial charge in [0.1, 0.15) is 0 Å². The van der Waals surface area contributed by atoms with Crippen LogP contribution in [0.1, 0.15) is 110 Å². The van der Waals surface area contributed by atoms with Crippen molar-refractivity contribution in [3.8, 4) is 0 Å². The molecule has 166 valence electrons. The molecule has 0 unspecified atom stereocenters. The average Bonchev–Trinajstić information content (AvgIpc) is 2.65. The first-order valence-corrected chi connectivity index (χ1v) is 11.3. The summed E-state index contributed by atoms with van der Waals surface area (Å²) in [6.07, 6.45) is 19.9. The summed E-state index contributed by atoms with van der Waals surface area (Å²) in [5.41, 5.74) is 0. The molecule has 0 aromatic rings. The van der Waals surface area contributed by atoms with Crippen LogP contribution in [0.5, 0.6) is 0 Å². The van der Waals surface area contributed by atoms with Crippen LogP contribution < -0.4 is 10.4 Å². The summed E-state index contributed by atoms with van der Waals surface area (Å²) >= 11 is 0. The summed E-state index contributed by atoms with van der Waals surface area (Å²) in [7, 11) is 0. The maximum atomic E-state index is 10.2. The largest absolute Gasteiger partial charge is 1.00 e. The van der Waals surface area contributed by atoms with Gasteiger partial charge in [0.05, 0.1) is 13.2 Å². The van der Waals surface area contributed by atoms with Crippen LogP contribution in [-0.2, 0) is 4.79 Å². The number of unbranched alkanes of at least 4 members (excludes halogenated alkanes) is 14. The third-order valence-corrected chi connectivity index (χ3v) is 4.56. The summed E-state index contributed by atoms with van der Waals surface area (Å²) in [6.45, 7) is 3.69. The van der Waals surface area contributed by atoms with E-state index in [0.717, 1.165) is 12.8 Å². The Balaban J connectivity index is -0.000000665. The molecule has 0 amide bonds. The van der Waals surface area contributed by atoms with E-state index in [-0.39, 0.29) is 37.0 Å². The van der Waals surface area contributed by atoms with E-state index >= 15 is 0 Å². The second kappa shape index (κ2) is 31.6. The van der Waals surface area contributed by atoms with Gasteiger partial charge in [0.15, 0.2) is 0 Å². The van der Waals surface area contributed by atoms with Gasteiger partial charge < -0.3 is 25.4 Å². The van der Waals surface area contributed by atoms with Crippen LogP contribution in [0.4, 0.5) is 0 Å². The molecule has 5 nitrogen and oxygen atoms in total. The molecule has 0 aromatic heterocycles. The van der Waals surface area contributed by atoms with Crippen LogP contribution in [0.25, 0.3) is 0 Å². The fourth-order valence-electron chi connectivity index (χ4n) is 2.92. The molecule has 3 N–H and O–H groups in total. The van der Waals surface area contributed by atoms with Crippen molar-refractivity contribution in [1.29, 1.82) is 0 Å². The number of carbonyl (C=O) groups is 1. The van der Waals surface area contributed by atoms with E-state index in [1.165, 1.54) is 83.5 Å². The number of carboxylic acids is 1. The van der Waals surface area contributed by atoms with Crippen molar-refractivity contribution in [1.82, 2.24) is 5.32 Å². The maximum Gasteiger partial charge on any atom is 1.00 e. The molecular weight excluding hydrogens is 369 g/mol. The molecule has 0 rings (SSSR count). The molecule has 0 bridgehead atoms. The van der Waals surface area contributed by atoms with Crippen molar-refractivity contribution in [3.63, 3.8) is 0 Å². The predicted molar refractivity (Wildman–Crippen MR) is 117 cm³/mol. The molecule has 6 heteroatoms. The zero-order valence-corrected chi connectivity index (χ0v) is 19.6. The zero-order valence-electron chi connectivity index (χ0n) is 18.4. The van der Waals surface area contributed by atoms with Crippen LogP contribution in [0.2, 0.25) is 0 Å². The first kappa shape index (κ1) is 32.5. The van der Waals surface area contributed by atoms with E-state index in [4.69, 9.17) is 10.2 Å². The molecule has 0 aromatic carbocycles. The van der Waals surface area contributed by atoms with Crippen molar-refractivity contribution in [2.45, 2.75) is 110 Å². The summed E-state index contributed by atoms with van der Waals surface area (Å²) in [5.74, 6) is -0.903. The Hall–Kier alpha value is -0.118. The first-order chi connectivity index (χ1) is 13.2. The van der Waals surface area contributed by atoms with Crippen LogP contribution in [0.3, 0.4) is 0 Å². The molecule has 0 aliphatic rings. The number of aliphatic carboxylic acids is 1. The van der Waals surface area contributed by atoms with Crippen LogP contribution in [-0.4, -0.2) is 59.8 Å². The van der Waals surface area contributed by atoms with Gasteiger partial charge in [-0.1, -0.05) is 96.8 Å². The van der Waals surface area contributed by atoms with Gasteiger partial charge in [0, 0.05) is 19.1 Å². The molecule has 0 saturated heterocycles. The number of hydrogen-bond acceptors (Lipinski definition) is 5. The second-order valence-corrected chi connectivity index (χ2v) is 7.27. The number of carbonyl (C=O) groups excluding carboxylic acids is 1. The van der Waals surface area contributed by atoms with E-state index in [1.807, 2.05) is 0 Å². The smallest absolute Gasteiger partial charge is 0.550 e. The number of aliphatic hydroxyl groups excluding tert-OH is 2. The third-order valence-electron chi connectivity index (χ3n) is 4.56. The summed E-state index contributed by atoms with van der Waals surface area (Å²) in [6, 6.07) is 0. The minimum absolute atomic E-state index is 0. The van der Waals surface area contributed by atoms with E-state index < -0.39 is 5.97 Å². The Morgan fingerprint density at radius 3 is 1.29 bits per heavy atom. The monoisotopic (exact) mass is 415 g/mol. The molecule has 0 spiro atoms. The Labute approximate surface area is 184 Å². The molecular formula is C22H46AlNO4. The van der Waals surface area contributed by atoms with Gasteiger partial charge in [-0.05, 0) is 12.8 Å². The van der Waals surface area contributed by atoms with Crippen LogP contribution in [0.15, 0.2) is 0 Å². The maximum absolute atomic E-state index is 10.2. The first-order valence-electron chi connectivity index (χ1n) is 11.3. The summed E-state index contributed by atoms with van der Waals surface area (Å²) in [4.78, 5) is 10.2. The SMILES string of the molecule is CCCCCCCCCCCCCCCCCC(=O)[O-].OCCNCCO.[Al+]. The molecule has 2 radical (unpaired) electrons. The van der Waals surface area contributed by atoms with Crippen molar-refractivity contribution >= 4 is 23.3 Å². The van der Waals surface area contributed by atoms with Gasteiger partial charge in [-0.15, -0.1) is 0 Å². The molecule has 0 atom stereocenters. The Morgan fingerprint density at radius 2 is 1.00 bits per heavy atom. The van der Waals surface area contributed by atoms with E-state index in [1.54, 1.807) is 0 Å². The van der Waals surface area contributed by atoms with E-state index in [2.05, 4.69) is 12.2 Å². The van der Waals surface area contributed by atoms with Gasteiger partial charge in [-0.3, -0.25) is 0 Å². The molecule has 0 fully saturated rings. The second-order valence-electron chi connectivity index (χ2n) is 7.27. The Kier molecular flexibility index (Phi) is 36.7. The van der Waals surface area contributed by atoms with Gasteiger partial charge in [0.2, 0.25) is 0 Å². The average molecular weight is 416 g/mol. The van der Waals surface area contributed by atoms with Gasteiger partial charge in [-0.25, -0.2) is 0 Å². The summed E-state index contributed by atoms with van der Waals surface area (Å²) < 4.78 is 0. The fraction of sp³-hybridized carbons (Fsp3) is 0.955. The van der Waals surface area contributed by atoms with Crippen molar-refractivity contribution in [2.75, 3.05) is 26.3 Å². The van der Waals surface area contributed by atoms with Gasteiger partial charge >= 0.3 is 17.4 Å². The van der Waals surface area contributed by atoms with Crippen molar-refractivity contribution in [3.05, 3.63) is 0 Å². The topological polar surface area (TPSA) is 92.6 Å². The zero-order chi connectivity index (χ0) is 20.4. The molecule has 0 aliphatic heterocycles. The predicted octanol–water partition coefficient (Wildman–Crippen LogP) is 3.18. The minimum atomic E-state index is -0.903. The molecule has 0 heterocycles. The third kappa shape index (κ3) is 36.7. The minimum Gasteiger partial charge on any atom is -0.550 e. The Bertz CT molecular complexity index is 277.